The highest BCUT2D eigenvalue weighted by Gasteiger charge is 2.18. The quantitative estimate of drug-likeness (QED) is 0.772. The first-order chi connectivity index (χ1) is 13.1. The maximum Gasteiger partial charge on any atom is 0.255 e. The second-order valence-corrected chi connectivity index (χ2v) is 6.53. The summed E-state index contributed by atoms with van der Waals surface area (Å²) in [4.78, 5) is 28.8. The highest BCUT2D eigenvalue weighted by Crippen LogP contribution is 2.12. The molecular formula is C21H28BrN3O2. The molecule has 1 aromatic carbocycles. The monoisotopic (exact) mass is 433 g/mol. The number of nitrogens with zero attached hydrogens (tertiary/aromatic N) is 2. The van der Waals surface area contributed by atoms with Gasteiger partial charge in [0.25, 0.3) is 11.8 Å². The molecule has 0 spiro atoms. The van der Waals surface area contributed by atoms with Crippen molar-refractivity contribution in [3.05, 3.63) is 64.4 Å². The predicted octanol–water partition coefficient (Wildman–Crippen LogP) is 4.54. The molecule has 1 aromatic heterocycles. The van der Waals surface area contributed by atoms with Gasteiger partial charge < -0.3 is 10.2 Å². The van der Waals surface area contributed by atoms with E-state index in [0.29, 0.717) is 17.7 Å². The summed E-state index contributed by atoms with van der Waals surface area (Å²) < 4.78 is 0.922. The zero-order chi connectivity index (χ0) is 20.1. The molecule has 0 atom stereocenters. The first-order valence-electron chi connectivity index (χ1n) is 9.35. The molecule has 0 unspecified atom stereocenters. The van der Waals surface area contributed by atoms with Gasteiger partial charge in [-0.1, -0.05) is 35.8 Å². The summed E-state index contributed by atoms with van der Waals surface area (Å²) >= 11 is 3.30. The van der Waals surface area contributed by atoms with Crippen molar-refractivity contribution in [3.63, 3.8) is 0 Å². The van der Waals surface area contributed by atoms with Crippen LogP contribution in [0.5, 0.6) is 0 Å². The van der Waals surface area contributed by atoms with Crippen LogP contribution in [0.1, 0.15) is 54.3 Å². The number of pyridine rings is 1. The van der Waals surface area contributed by atoms with E-state index in [0.717, 1.165) is 30.4 Å². The topological polar surface area (TPSA) is 62.3 Å². The Morgan fingerprint density at radius 1 is 1.11 bits per heavy atom. The summed E-state index contributed by atoms with van der Waals surface area (Å²) in [5.41, 5.74) is 1.38. The lowest BCUT2D eigenvalue weighted by Crippen LogP contribution is -2.27. The van der Waals surface area contributed by atoms with Crippen LogP contribution in [-0.4, -0.2) is 41.3 Å². The molecule has 1 fully saturated rings. The normalized spacial score (nSPS) is 12.2. The average Bonchev–Trinajstić information content (AvgIpc) is 3.25. The van der Waals surface area contributed by atoms with Crippen LogP contribution in [0.2, 0.25) is 0 Å². The molecule has 0 saturated carbocycles. The number of likely N-dealkylation sites (tertiary alicyclic amines) is 1. The standard InChI is InChI=1S/C10H12N2O.C9H10BrNO.C2H6/c13-10(12-6-1-2-7-12)9-4-3-5-11-8-9;1-2-11-9(12)7-4-3-5-8(10)6-7;1-2/h3-5,8H,1-2,6-7H2;3-6H,2H2,1H3,(H,11,12);1-2H3. The lowest BCUT2D eigenvalue weighted by molar-refractivity contribution is 0.0792. The summed E-state index contributed by atoms with van der Waals surface area (Å²) in [6.07, 6.45) is 5.57. The van der Waals surface area contributed by atoms with Gasteiger partial charge in [-0.05, 0) is 50.1 Å². The van der Waals surface area contributed by atoms with Gasteiger partial charge >= 0.3 is 0 Å². The molecule has 146 valence electrons. The fourth-order valence-corrected chi connectivity index (χ4v) is 2.88. The summed E-state index contributed by atoms with van der Waals surface area (Å²) in [5.74, 6) is 0.0874. The SMILES string of the molecule is CC.CCNC(=O)c1cccc(Br)c1.O=C(c1cccnc1)N1CCCC1. The van der Waals surface area contributed by atoms with Crippen molar-refractivity contribution >= 4 is 27.7 Å². The van der Waals surface area contributed by atoms with Gasteiger partial charge in [0, 0.05) is 42.1 Å². The van der Waals surface area contributed by atoms with Crippen LogP contribution in [0.4, 0.5) is 0 Å². The smallest absolute Gasteiger partial charge is 0.255 e. The van der Waals surface area contributed by atoms with Gasteiger partial charge in [0.05, 0.1) is 5.56 Å². The predicted molar refractivity (Wildman–Crippen MR) is 113 cm³/mol. The van der Waals surface area contributed by atoms with Crippen molar-refractivity contribution in [3.8, 4) is 0 Å². The van der Waals surface area contributed by atoms with Gasteiger partial charge in [-0.2, -0.15) is 0 Å². The van der Waals surface area contributed by atoms with Crippen LogP contribution in [0.3, 0.4) is 0 Å². The molecule has 2 heterocycles. The Hall–Kier alpha value is -2.21. The zero-order valence-corrected chi connectivity index (χ0v) is 17.8. The number of aromatic nitrogens is 1. The van der Waals surface area contributed by atoms with Gasteiger partial charge in [-0.15, -0.1) is 0 Å². The van der Waals surface area contributed by atoms with E-state index in [9.17, 15) is 9.59 Å². The first kappa shape index (κ1) is 22.8. The van der Waals surface area contributed by atoms with Gasteiger partial charge in [0.1, 0.15) is 0 Å². The highest BCUT2D eigenvalue weighted by molar-refractivity contribution is 9.10. The number of hydrogen-bond acceptors (Lipinski definition) is 3. The van der Waals surface area contributed by atoms with Gasteiger partial charge in [-0.3, -0.25) is 14.6 Å². The summed E-state index contributed by atoms with van der Waals surface area (Å²) in [5, 5.41) is 2.73. The lowest BCUT2D eigenvalue weighted by atomic mass is 10.2. The number of halogens is 1. The second kappa shape index (κ2) is 13.0. The molecule has 0 radical (unpaired) electrons. The van der Waals surface area contributed by atoms with E-state index in [2.05, 4.69) is 26.2 Å². The van der Waals surface area contributed by atoms with Gasteiger partial charge in [-0.25, -0.2) is 0 Å². The molecule has 0 aliphatic carbocycles. The van der Waals surface area contributed by atoms with E-state index in [1.54, 1.807) is 30.6 Å². The second-order valence-electron chi connectivity index (χ2n) is 5.61. The molecule has 3 rings (SSSR count). The van der Waals surface area contributed by atoms with E-state index < -0.39 is 0 Å². The van der Waals surface area contributed by atoms with Crippen LogP contribution in [0.25, 0.3) is 0 Å². The van der Waals surface area contributed by atoms with Crippen molar-refractivity contribution in [2.24, 2.45) is 0 Å². The van der Waals surface area contributed by atoms with E-state index in [1.807, 2.05) is 43.9 Å². The van der Waals surface area contributed by atoms with Crippen molar-refractivity contribution in [2.75, 3.05) is 19.6 Å². The molecule has 2 aromatic rings. The Morgan fingerprint density at radius 2 is 1.78 bits per heavy atom. The number of carbonyl (C=O) groups excluding carboxylic acids is 2. The van der Waals surface area contributed by atoms with Crippen molar-refractivity contribution in [1.29, 1.82) is 0 Å². The van der Waals surface area contributed by atoms with Crippen LogP contribution < -0.4 is 5.32 Å². The third-order valence-electron chi connectivity index (χ3n) is 3.73. The maximum absolute atomic E-state index is 11.7. The van der Waals surface area contributed by atoms with Crippen LogP contribution in [0, 0.1) is 0 Å². The van der Waals surface area contributed by atoms with E-state index >= 15 is 0 Å². The minimum atomic E-state index is -0.0289. The zero-order valence-electron chi connectivity index (χ0n) is 16.2. The Balaban J connectivity index is 0.000000248. The molecule has 1 aliphatic heterocycles. The molecule has 5 nitrogen and oxygen atoms in total. The van der Waals surface area contributed by atoms with Crippen LogP contribution >= 0.6 is 15.9 Å². The largest absolute Gasteiger partial charge is 0.352 e. The molecule has 27 heavy (non-hydrogen) atoms. The van der Waals surface area contributed by atoms with Crippen molar-refractivity contribution in [1.82, 2.24) is 15.2 Å². The third kappa shape index (κ3) is 7.91. The molecule has 1 saturated heterocycles. The molecule has 2 amide bonds. The highest BCUT2D eigenvalue weighted by atomic mass is 79.9. The van der Waals surface area contributed by atoms with E-state index in [1.165, 1.54) is 0 Å². The Kier molecular flexibility index (Phi) is 11.0. The number of carbonyl (C=O) groups is 2. The summed E-state index contributed by atoms with van der Waals surface area (Å²) in [6, 6.07) is 10.9. The van der Waals surface area contributed by atoms with E-state index in [-0.39, 0.29) is 11.8 Å². The van der Waals surface area contributed by atoms with Gasteiger partial charge in [0.15, 0.2) is 0 Å². The van der Waals surface area contributed by atoms with Crippen molar-refractivity contribution < 1.29 is 9.59 Å². The first-order valence-corrected chi connectivity index (χ1v) is 10.1. The molecule has 1 N–H and O–H groups in total. The lowest BCUT2D eigenvalue weighted by Gasteiger charge is -2.14. The maximum atomic E-state index is 11.7. The number of benzene rings is 1. The number of hydrogen-bond donors (Lipinski definition) is 1. The van der Waals surface area contributed by atoms with Gasteiger partial charge in [0.2, 0.25) is 0 Å². The average molecular weight is 434 g/mol. The third-order valence-corrected chi connectivity index (χ3v) is 4.22. The molecule has 6 heteroatoms. The summed E-state index contributed by atoms with van der Waals surface area (Å²) in [6.45, 7) is 8.35. The minimum absolute atomic E-state index is 0.0289. The Bertz CT molecular complexity index is 702. The van der Waals surface area contributed by atoms with Crippen LogP contribution in [-0.2, 0) is 0 Å². The molecule has 0 bridgehead atoms. The van der Waals surface area contributed by atoms with E-state index in [4.69, 9.17) is 0 Å². The number of nitrogens with one attached hydrogen (secondary N) is 1. The fraction of sp³-hybridized carbons (Fsp3) is 0.381. The minimum Gasteiger partial charge on any atom is -0.352 e. The van der Waals surface area contributed by atoms with Crippen LogP contribution in [0.15, 0.2) is 53.3 Å². The Morgan fingerprint density at radius 3 is 2.33 bits per heavy atom. The van der Waals surface area contributed by atoms with Crippen molar-refractivity contribution in [2.45, 2.75) is 33.6 Å². The molecule has 1 aliphatic rings. The fourth-order valence-electron chi connectivity index (χ4n) is 2.48. The molecular weight excluding hydrogens is 406 g/mol. The number of amides is 2. The Labute approximate surface area is 170 Å². The number of rotatable bonds is 3. The summed E-state index contributed by atoms with van der Waals surface area (Å²) in [7, 11) is 0.